The molecule has 6 heteroatoms. The summed E-state index contributed by atoms with van der Waals surface area (Å²) in [4.78, 5) is 17.8. The third-order valence-electron chi connectivity index (χ3n) is 4.99. The average Bonchev–Trinajstić information content (AvgIpc) is 3.13. The lowest BCUT2D eigenvalue weighted by Gasteiger charge is -2.19. The second-order valence-corrected chi connectivity index (χ2v) is 6.95. The Morgan fingerprint density at radius 3 is 2.33 bits per heavy atom. The summed E-state index contributed by atoms with van der Waals surface area (Å²) in [6, 6.07) is 20.0. The Morgan fingerprint density at radius 2 is 1.67 bits per heavy atom. The summed E-state index contributed by atoms with van der Waals surface area (Å²) in [6.45, 7) is 0.508. The Labute approximate surface area is 174 Å². The van der Waals surface area contributed by atoms with Crippen molar-refractivity contribution in [3.63, 3.8) is 0 Å². The molecule has 5 nitrogen and oxygen atoms in total. The molecule has 4 rings (SSSR count). The highest BCUT2D eigenvalue weighted by molar-refractivity contribution is 5.93. The van der Waals surface area contributed by atoms with E-state index in [0.29, 0.717) is 24.5 Å². The second-order valence-electron chi connectivity index (χ2n) is 6.95. The summed E-state index contributed by atoms with van der Waals surface area (Å²) in [7, 11) is 1.81. The van der Waals surface area contributed by atoms with Gasteiger partial charge in [-0.25, -0.2) is 4.39 Å². The number of halogens is 1. The fourth-order valence-electron chi connectivity index (χ4n) is 3.54. The Bertz CT molecular complexity index is 1130. The van der Waals surface area contributed by atoms with Crippen LogP contribution in [0.1, 0.15) is 5.56 Å². The van der Waals surface area contributed by atoms with Crippen molar-refractivity contribution < 1.29 is 9.18 Å². The van der Waals surface area contributed by atoms with Crippen molar-refractivity contribution in [2.24, 2.45) is 7.05 Å². The van der Waals surface area contributed by atoms with E-state index in [0.717, 1.165) is 28.7 Å². The minimum Gasteiger partial charge on any atom is -0.299 e. The van der Waals surface area contributed by atoms with Crippen LogP contribution in [0.2, 0.25) is 0 Å². The van der Waals surface area contributed by atoms with E-state index in [9.17, 15) is 9.18 Å². The number of aromatic nitrogens is 3. The van der Waals surface area contributed by atoms with Gasteiger partial charge in [-0.1, -0.05) is 30.3 Å². The number of carbonyl (C=O) groups is 1. The molecule has 0 unspecified atom stereocenters. The van der Waals surface area contributed by atoms with Crippen molar-refractivity contribution in [3.8, 4) is 22.4 Å². The highest BCUT2D eigenvalue weighted by Crippen LogP contribution is 2.38. The summed E-state index contributed by atoms with van der Waals surface area (Å²) in [5.41, 5.74) is 4.31. The van der Waals surface area contributed by atoms with Gasteiger partial charge in [-0.2, -0.15) is 5.10 Å². The molecule has 0 N–H and O–H groups in total. The summed E-state index contributed by atoms with van der Waals surface area (Å²) < 4.78 is 15.2. The molecule has 0 aliphatic carbocycles. The van der Waals surface area contributed by atoms with Crippen molar-refractivity contribution >= 4 is 12.2 Å². The van der Waals surface area contributed by atoms with Crippen LogP contribution < -0.4 is 4.90 Å². The zero-order chi connectivity index (χ0) is 20.9. The molecule has 1 amide bonds. The summed E-state index contributed by atoms with van der Waals surface area (Å²) in [6.07, 6.45) is 4.96. The van der Waals surface area contributed by atoms with Crippen LogP contribution in [0.5, 0.6) is 0 Å². The van der Waals surface area contributed by atoms with E-state index >= 15 is 0 Å². The standard InChI is InChI=1S/C24H21FN4O/c1-28-24(29(17-30)16-13-18-5-3-2-4-6-18)22(19-11-14-26-15-12-19)23(27-28)20-7-9-21(25)10-8-20/h2-12,14-15,17H,13,16H2,1H3. The summed E-state index contributed by atoms with van der Waals surface area (Å²) >= 11 is 0. The van der Waals surface area contributed by atoms with Gasteiger partial charge in [0.25, 0.3) is 0 Å². The van der Waals surface area contributed by atoms with Gasteiger partial charge in [-0.05, 0) is 53.9 Å². The van der Waals surface area contributed by atoms with Gasteiger partial charge < -0.3 is 0 Å². The van der Waals surface area contributed by atoms with Gasteiger partial charge in [-0.15, -0.1) is 0 Å². The molecule has 0 spiro atoms. The van der Waals surface area contributed by atoms with E-state index in [4.69, 9.17) is 0 Å². The van der Waals surface area contributed by atoms with Gasteiger partial charge >= 0.3 is 0 Å². The number of rotatable bonds is 7. The first-order valence-electron chi connectivity index (χ1n) is 9.66. The van der Waals surface area contributed by atoms with Gasteiger partial charge in [0.2, 0.25) is 6.41 Å². The molecule has 30 heavy (non-hydrogen) atoms. The van der Waals surface area contributed by atoms with E-state index in [1.54, 1.807) is 34.1 Å². The SMILES string of the molecule is Cn1nc(-c2ccc(F)cc2)c(-c2ccncc2)c1N(C=O)CCc1ccccc1. The lowest BCUT2D eigenvalue weighted by Crippen LogP contribution is -2.26. The third-order valence-corrected chi connectivity index (χ3v) is 4.99. The third kappa shape index (κ3) is 3.98. The summed E-state index contributed by atoms with van der Waals surface area (Å²) in [5.74, 6) is 0.379. The first kappa shape index (κ1) is 19.5. The molecule has 0 aliphatic rings. The Hall–Kier alpha value is -3.80. The molecule has 0 saturated carbocycles. The number of aryl methyl sites for hydroxylation is 1. The zero-order valence-corrected chi connectivity index (χ0v) is 16.6. The number of carbonyl (C=O) groups excluding carboxylic acids is 1. The summed E-state index contributed by atoms with van der Waals surface area (Å²) in [5, 5.41) is 4.68. The molecule has 0 radical (unpaired) electrons. The predicted octanol–water partition coefficient (Wildman–Crippen LogP) is 4.49. The van der Waals surface area contributed by atoms with Crippen molar-refractivity contribution in [1.82, 2.24) is 14.8 Å². The number of hydrogen-bond acceptors (Lipinski definition) is 3. The normalized spacial score (nSPS) is 10.7. The van der Waals surface area contributed by atoms with Crippen molar-refractivity contribution in [1.29, 1.82) is 0 Å². The monoisotopic (exact) mass is 400 g/mol. The van der Waals surface area contributed by atoms with Crippen molar-refractivity contribution in [3.05, 3.63) is 90.5 Å². The van der Waals surface area contributed by atoms with E-state index < -0.39 is 0 Å². The van der Waals surface area contributed by atoms with E-state index in [1.807, 2.05) is 49.5 Å². The van der Waals surface area contributed by atoms with Crippen LogP contribution >= 0.6 is 0 Å². The Kier molecular flexibility index (Phi) is 5.66. The van der Waals surface area contributed by atoms with Gasteiger partial charge in [0, 0.05) is 31.5 Å². The number of pyridine rings is 1. The van der Waals surface area contributed by atoms with Crippen LogP contribution in [0.3, 0.4) is 0 Å². The van der Waals surface area contributed by atoms with Crippen LogP contribution in [-0.2, 0) is 18.3 Å². The smallest absolute Gasteiger partial charge is 0.215 e. The molecule has 2 aromatic heterocycles. The van der Waals surface area contributed by atoms with Gasteiger partial charge in [0.05, 0.1) is 5.56 Å². The highest BCUT2D eigenvalue weighted by atomic mass is 19.1. The average molecular weight is 400 g/mol. The number of nitrogens with zero attached hydrogens (tertiary/aromatic N) is 4. The molecular weight excluding hydrogens is 379 g/mol. The molecular formula is C24H21FN4O. The van der Waals surface area contributed by atoms with Crippen LogP contribution in [0.15, 0.2) is 79.1 Å². The maximum absolute atomic E-state index is 13.5. The minimum atomic E-state index is -0.308. The maximum atomic E-state index is 13.5. The first-order valence-corrected chi connectivity index (χ1v) is 9.66. The fraction of sp³-hybridized carbons (Fsp3) is 0.125. The topological polar surface area (TPSA) is 51.0 Å². The molecule has 4 aromatic rings. The first-order chi connectivity index (χ1) is 14.7. The number of anilines is 1. The van der Waals surface area contributed by atoms with Crippen LogP contribution in [0.25, 0.3) is 22.4 Å². The fourth-order valence-corrected chi connectivity index (χ4v) is 3.54. The molecule has 150 valence electrons. The van der Waals surface area contributed by atoms with Gasteiger partial charge in [-0.3, -0.25) is 19.4 Å². The van der Waals surface area contributed by atoms with E-state index in [1.165, 1.54) is 12.1 Å². The van der Waals surface area contributed by atoms with E-state index in [2.05, 4.69) is 10.1 Å². The molecule has 0 saturated heterocycles. The zero-order valence-electron chi connectivity index (χ0n) is 16.6. The second kappa shape index (κ2) is 8.69. The molecule has 0 fully saturated rings. The molecule has 2 heterocycles. The Balaban J connectivity index is 1.80. The largest absolute Gasteiger partial charge is 0.299 e. The minimum absolute atomic E-state index is 0.308. The van der Waals surface area contributed by atoms with Crippen molar-refractivity contribution in [2.45, 2.75) is 6.42 Å². The van der Waals surface area contributed by atoms with Gasteiger partial charge in [0.1, 0.15) is 17.3 Å². The predicted molar refractivity (Wildman–Crippen MR) is 115 cm³/mol. The van der Waals surface area contributed by atoms with Crippen LogP contribution in [0.4, 0.5) is 10.2 Å². The lowest BCUT2D eigenvalue weighted by atomic mass is 10.0. The maximum Gasteiger partial charge on any atom is 0.215 e. The molecule has 0 atom stereocenters. The van der Waals surface area contributed by atoms with Gasteiger partial charge in [0.15, 0.2) is 0 Å². The molecule has 2 aromatic carbocycles. The van der Waals surface area contributed by atoms with Crippen LogP contribution in [-0.4, -0.2) is 27.7 Å². The van der Waals surface area contributed by atoms with Crippen LogP contribution in [0, 0.1) is 5.82 Å². The molecule has 0 aliphatic heterocycles. The van der Waals surface area contributed by atoms with E-state index in [-0.39, 0.29) is 5.82 Å². The Morgan fingerprint density at radius 1 is 0.967 bits per heavy atom. The lowest BCUT2D eigenvalue weighted by molar-refractivity contribution is -0.107. The highest BCUT2D eigenvalue weighted by Gasteiger charge is 2.23. The van der Waals surface area contributed by atoms with Crippen molar-refractivity contribution in [2.75, 3.05) is 11.4 Å². The number of benzene rings is 2. The molecule has 0 bridgehead atoms. The number of hydrogen-bond donors (Lipinski definition) is 0. The number of amides is 1. The quantitative estimate of drug-likeness (QED) is 0.430.